The van der Waals surface area contributed by atoms with E-state index >= 15 is 0 Å². The summed E-state index contributed by atoms with van der Waals surface area (Å²) in [4.78, 5) is 13.8. The fourth-order valence-corrected chi connectivity index (χ4v) is 4.09. The molecule has 8 heteroatoms. The molecule has 1 amide bonds. The van der Waals surface area contributed by atoms with Gasteiger partial charge in [0.1, 0.15) is 22.5 Å². The number of nitrogens with zero attached hydrogens (tertiary/aromatic N) is 3. The Hall–Kier alpha value is -3.57. The van der Waals surface area contributed by atoms with Crippen molar-refractivity contribution in [3.63, 3.8) is 0 Å². The quantitative estimate of drug-likeness (QED) is 0.534. The topological polar surface area (TPSA) is 70.7 Å². The predicted molar refractivity (Wildman–Crippen MR) is 106 cm³/mol. The van der Waals surface area contributed by atoms with Gasteiger partial charge < -0.3 is 5.32 Å². The van der Waals surface area contributed by atoms with Gasteiger partial charge in [0, 0.05) is 10.9 Å². The molecule has 1 unspecified atom stereocenters. The van der Waals surface area contributed by atoms with Crippen LogP contribution in [-0.2, 0) is 0 Å². The number of hydrogen-bond acceptors (Lipinski definition) is 4. The largest absolute Gasteiger partial charge is 0.332 e. The standard InChI is InChI=1S/C21H14F2N4OS/c1-12-16-10-19(20(28)25-18(11-24)15-4-2-3-5-17(15)23)29-21(16)27(26-12)14-8-6-13(22)7-9-14/h2-10,18H,1H3,(H,25,28). The maximum atomic E-state index is 14.0. The summed E-state index contributed by atoms with van der Waals surface area (Å²) in [6.07, 6.45) is 0. The molecule has 0 saturated heterocycles. The number of carbonyl (C=O) groups is 1. The van der Waals surface area contributed by atoms with E-state index in [1.807, 2.05) is 13.0 Å². The molecule has 0 bridgehead atoms. The molecule has 0 spiro atoms. The molecule has 144 valence electrons. The van der Waals surface area contributed by atoms with Gasteiger partial charge in [-0.2, -0.15) is 10.4 Å². The molecule has 0 aliphatic heterocycles. The van der Waals surface area contributed by atoms with Crippen molar-refractivity contribution in [2.45, 2.75) is 13.0 Å². The Morgan fingerprint density at radius 3 is 2.62 bits per heavy atom. The van der Waals surface area contributed by atoms with Crippen LogP contribution < -0.4 is 5.32 Å². The van der Waals surface area contributed by atoms with Crippen molar-refractivity contribution < 1.29 is 13.6 Å². The molecule has 2 aromatic carbocycles. The molecule has 2 heterocycles. The van der Waals surface area contributed by atoms with Gasteiger partial charge >= 0.3 is 0 Å². The zero-order valence-electron chi connectivity index (χ0n) is 15.2. The van der Waals surface area contributed by atoms with E-state index in [1.54, 1.807) is 28.9 Å². The molecule has 0 fully saturated rings. The number of hydrogen-bond donors (Lipinski definition) is 1. The summed E-state index contributed by atoms with van der Waals surface area (Å²) in [5, 5.41) is 17.2. The van der Waals surface area contributed by atoms with Gasteiger partial charge in [-0.05, 0) is 43.3 Å². The van der Waals surface area contributed by atoms with Gasteiger partial charge in [0.25, 0.3) is 5.91 Å². The first-order valence-corrected chi connectivity index (χ1v) is 9.49. The number of aromatic nitrogens is 2. The van der Waals surface area contributed by atoms with Crippen LogP contribution in [0.2, 0.25) is 0 Å². The van der Waals surface area contributed by atoms with E-state index in [1.165, 1.54) is 41.7 Å². The fourth-order valence-electron chi connectivity index (χ4n) is 3.01. The average molecular weight is 408 g/mol. The first-order valence-electron chi connectivity index (χ1n) is 8.68. The van der Waals surface area contributed by atoms with Gasteiger partial charge in [-0.3, -0.25) is 4.79 Å². The van der Waals surface area contributed by atoms with E-state index in [2.05, 4.69) is 10.4 Å². The average Bonchev–Trinajstić information content (AvgIpc) is 3.28. The zero-order valence-corrected chi connectivity index (χ0v) is 16.0. The van der Waals surface area contributed by atoms with Crippen molar-refractivity contribution >= 4 is 27.5 Å². The zero-order chi connectivity index (χ0) is 20.5. The van der Waals surface area contributed by atoms with Crippen molar-refractivity contribution in [2.75, 3.05) is 0 Å². The van der Waals surface area contributed by atoms with E-state index < -0.39 is 17.8 Å². The highest BCUT2D eigenvalue weighted by Gasteiger charge is 2.21. The third-order valence-corrected chi connectivity index (χ3v) is 5.57. The first-order chi connectivity index (χ1) is 14.0. The summed E-state index contributed by atoms with van der Waals surface area (Å²) >= 11 is 1.20. The van der Waals surface area contributed by atoms with Gasteiger partial charge in [0.2, 0.25) is 0 Å². The van der Waals surface area contributed by atoms with Crippen molar-refractivity contribution in [3.05, 3.63) is 82.4 Å². The second-order valence-electron chi connectivity index (χ2n) is 6.36. The third kappa shape index (κ3) is 3.48. The fraction of sp³-hybridized carbons (Fsp3) is 0.0952. The summed E-state index contributed by atoms with van der Waals surface area (Å²) < 4.78 is 28.8. The third-order valence-electron chi connectivity index (χ3n) is 4.46. The number of nitrogens with one attached hydrogen (secondary N) is 1. The lowest BCUT2D eigenvalue weighted by molar-refractivity contribution is 0.0949. The van der Waals surface area contributed by atoms with E-state index in [0.717, 1.165) is 10.2 Å². The Kier molecular flexibility index (Phi) is 4.82. The molecule has 4 rings (SSSR count). The van der Waals surface area contributed by atoms with Crippen LogP contribution in [0.3, 0.4) is 0 Å². The summed E-state index contributed by atoms with van der Waals surface area (Å²) in [6.45, 7) is 1.81. The van der Waals surface area contributed by atoms with Gasteiger partial charge in [-0.25, -0.2) is 13.5 Å². The molecular formula is C21H14F2N4OS. The number of amides is 1. The second-order valence-corrected chi connectivity index (χ2v) is 7.39. The highest BCUT2D eigenvalue weighted by atomic mass is 32.1. The normalized spacial score (nSPS) is 11.9. The second kappa shape index (κ2) is 7.45. The predicted octanol–water partition coefficient (Wildman–Crippen LogP) is 4.67. The Bertz CT molecular complexity index is 1250. The minimum Gasteiger partial charge on any atom is -0.332 e. The van der Waals surface area contributed by atoms with Crippen LogP contribution in [0.4, 0.5) is 8.78 Å². The Morgan fingerprint density at radius 2 is 1.93 bits per heavy atom. The van der Waals surface area contributed by atoms with E-state index in [4.69, 9.17) is 0 Å². The van der Waals surface area contributed by atoms with Crippen molar-refractivity contribution in [1.82, 2.24) is 15.1 Å². The molecule has 0 saturated carbocycles. The molecule has 0 radical (unpaired) electrons. The number of fused-ring (bicyclic) bond motifs is 1. The summed E-state index contributed by atoms with van der Waals surface area (Å²) in [6, 6.07) is 14.2. The number of thiophene rings is 1. The minimum absolute atomic E-state index is 0.109. The lowest BCUT2D eigenvalue weighted by Crippen LogP contribution is -2.27. The molecular weight excluding hydrogens is 394 g/mol. The summed E-state index contributed by atoms with van der Waals surface area (Å²) in [5.74, 6) is -1.39. The van der Waals surface area contributed by atoms with Crippen molar-refractivity contribution in [1.29, 1.82) is 5.26 Å². The SMILES string of the molecule is Cc1nn(-c2ccc(F)cc2)c2sc(C(=O)NC(C#N)c3ccccc3F)cc12. The molecule has 1 atom stereocenters. The molecule has 4 aromatic rings. The number of aryl methyl sites for hydroxylation is 1. The van der Waals surface area contributed by atoms with Gasteiger partial charge in [-0.1, -0.05) is 18.2 Å². The molecule has 2 aromatic heterocycles. The van der Waals surface area contributed by atoms with Crippen LogP contribution >= 0.6 is 11.3 Å². The highest BCUT2D eigenvalue weighted by molar-refractivity contribution is 7.20. The highest BCUT2D eigenvalue weighted by Crippen LogP contribution is 2.31. The van der Waals surface area contributed by atoms with Crippen LogP contribution in [0, 0.1) is 29.9 Å². The lowest BCUT2D eigenvalue weighted by Gasteiger charge is -2.11. The summed E-state index contributed by atoms with van der Waals surface area (Å²) in [7, 11) is 0. The van der Waals surface area contributed by atoms with Crippen LogP contribution in [-0.4, -0.2) is 15.7 Å². The monoisotopic (exact) mass is 408 g/mol. The number of benzene rings is 2. The van der Waals surface area contributed by atoms with Crippen LogP contribution in [0.5, 0.6) is 0 Å². The molecule has 1 N–H and O–H groups in total. The van der Waals surface area contributed by atoms with E-state index in [-0.39, 0.29) is 11.4 Å². The molecule has 0 aliphatic carbocycles. The number of nitriles is 1. The first kappa shape index (κ1) is 18.8. The van der Waals surface area contributed by atoms with E-state index in [0.29, 0.717) is 16.3 Å². The summed E-state index contributed by atoms with van der Waals surface area (Å²) in [5.41, 5.74) is 1.49. The Morgan fingerprint density at radius 1 is 1.21 bits per heavy atom. The Labute approximate surface area is 168 Å². The van der Waals surface area contributed by atoms with Gasteiger partial charge in [0.15, 0.2) is 0 Å². The molecule has 0 aliphatic rings. The van der Waals surface area contributed by atoms with Crippen molar-refractivity contribution in [2.24, 2.45) is 0 Å². The number of rotatable bonds is 4. The molecule has 29 heavy (non-hydrogen) atoms. The maximum Gasteiger partial charge on any atom is 0.262 e. The van der Waals surface area contributed by atoms with Gasteiger partial charge in [-0.15, -0.1) is 11.3 Å². The number of halogens is 2. The Balaban J connectivity index is 1.67. The maximum absolute atomic E-state index is 14.0. The van der Waals surface area contributed by atoms with Crippen LogP contribution in [0.1, 0.15) is 27.0 Å². The van der Waals surface area contributed by atoms with E-state index in [9.17, 15) is 18.8 Å². The lowest BCUT2D eigenvalue weighted by atomic mass is 10.1. The van der Waals surface area contributed by atoms with Crippen LogP contribution in [0.25, 0.3) is 15.9 Å². The van der Waals surface area contributed by atoms with Crippen LogP contribution in [0.15, 0.2) is 54.6 Å². The van der Waals surface area contributed by atoms with Gasteiger partial charge in [0.05, 0.1) is 22.3 Å². The smallest absolute Gasteiger partial charge is 0.262 e. The number of carbonyl (C=O) groups excluding carboxylic acids is 1. The minimum atomic E-state index is -1.11. The molecule has 5 nitrogen and oxygen atoms in total. The van der Waals surface area contributed by atoms with Crippen molar-refractivity contribution in [3.8, 4) is 11.8 Å².